The van der Waals surface area contributed by atoms with Crippen LogP contribution in [0.2, 0.25) is 0 Å². The highest BCUT2D eigenvalue weighted by molar-refractivity contribution is 5.27. The van der Waals surface area contributed by atoms with Crippen molar-refractivity contribution in [1.82, 2.24) is 9.78 Å². The van der Waals surface area contributed by atoms with Crippen molar-refractivity contribution in [3.8, 4) is 5.75 Å². The summed E-state index contributed by atoms with van der Waals surface area (Å²) < 4.78 is 6.91. The molecule has 1 N–H and O–H groups in total. The monoisotopic (exact) mass is 274 g/mol. The molecule has 2 rings (SSSR count). The lowest BCUT2D eigenvalue weighted by Gasteiger charge is -2.10. The van der Waals surface area contributed by atoms with Gasteiger partial charge in [-0.3, -0.25) is 4.68 Å². The number of aliphatic hydroxyl groups excluding tert-OH is 1. The van der Waals surface area contributed by atoms with Gasteiger partial charge in [-0.1, -0.05) is 19.1 Å². The van der Waals surface area contributed by atoms with Crippen LogP contribution in [0.15, 0.2) is 30.5 Å². The van der Waals surface area contributed by atoms with Crippen LogP contribution in [-0.2, 0) is 19.9 Å². The first-order valence-corrected chi connectivity index (χ1v) is 6.97. The zero-order chi connectivity index (χ0) is 14.5. The number of hydrogen-bond donors (Lipinski definition) is 1. The fourth-order valence-electron chi connectivity index (χ4n) is 2.36. The number of aryl methyl sites for hydroxylation is 3. The summed E-state index contributed by atoms with van der Waals surface area (Å²) in [5.41, 5.74) is 3.13. The molecule has 0 radical (unpaired) electrons. The van der Waals surface area contributed by atoms with E-state index in [9.17, 15) is 5.11 Å². The Morgan fingerprint density at radius 3 is 2.60 bits per heavy atom. The maximum atomic E-state index is 10.3. The number of aromatic nitrogens is 2. The second-order valence-electron chi connectivity index (χ2n) is 4.96. The zero-order valence-electron chi connectivity index (χ0n) is 12.3. The van der Waals surface area contributed by atoms with E-state index in [2.05, 4.69) is 12.0 Å². The molecule has 0 aliphatic rings. The van der Waals surface area contributed by atoms with E-state index in [1.54, 1.807) is 11.8 Å². The second-order valence-corrected chi connectivity index (χ2v) is 4.96. The molecule has 0 aliphatic heterocycles. The number of rotatable bonds is 6. The van der Waals surface area contributed by atoms with E-state index in [-0.39, 0.29) is 0 Å². The normalized spacial score (nSPS) is 12.4. The summed E-state index contributed by atoms with van der Waals surface area (Å²) in [7, 11) is 3.55. The molecule has 0 bridgehead atoms. The van der Waals surface area contributed by atoms with E-state index < -0.39 is 6.10 Å². The molecule has 0 spiro atoms. The number of benzene rings is 1. The van der Waals surface area contributed by atoms with Crippen molar-refractivity contribution >= 4 is 0 Å². The van der Waals surface area contributed by atoms with Gasteiger partial charge in [0.15, 0.2) is 0 Å². The van der Waals surface area contributed by atoms with Crippen LogP contribution < -0.4 is 4.74 Å². The van der Waals surface area contributed by atoms with Crippen LogP contribution >= 0.6 is 0 Å². The van der Waals surface area contributed by atoms with Crippen LogP contribution in [0.3, 0.4) is 0 Å². The Morgan fingerprint density at radius 1 is 1.30 bits per heavy atom. The van der Waals surface area contributed by atoms with E-state index >= 15 is 0 Å². The van der Waals surface area contributed by atoms with Gasteiger partial charge in [0.1, 0.15) is 5.75 Å². The van der Waals surface area contributed by atoms with Crippen LogP contribution in [0, 0.1) is 0 Å². The van der Waals surface area contributed by atoms with Crippen LogP contribution in [-0.4, -0.2) is 22.0 Å². The van der Waals surface area contributed by atoms with E-state index in [0.29, 0.717) is 6.42 Å². The lowest BCUT2D eigenvalue weighted by molar-refractivity contribution is 0.167. The van der Waals surface area contributed by atoms with Gasteiger partial charge in [0.2, 0.25) is 0 Å². The van der Waals surface area contributed by atoms with Gasteiger partial charge in [-0.15, -0.1) is 0 Å². The summed E-state index contributed by atoms with van der Waals surface area (Å²) in [6.45, 7) is 2.06. The topological polar surface area (TPSA) is 47.3 Å². The Balaban J connectivity index is 1.98. The molecule has 4 heteroatoms. The number of hydrogen-bond acceptors (Lipinski definition) is 3. The third-order valence-electron chi connectivity index (χ3n) is 3.50. The smallest absolute Gasteiger partial charge is 0.118 e. The second kappa shape index (κ2) is 6.57. The van der Waals surface area contributed by atoms with E-state index in [1.165, 1.54) is 5.56 Å². The first-order chi connectivity index (χ1) is 9.63. The predicted octanol–water partition coefficient (Wildman–Crippen LogP) is 2.66. The maximum absolute atomic E-state index is 10.3. The van der Waals surface area contributed by atoms with Gasteiger partial charge in [0.25, 0.3) is 0 Å². The number of methoxy groups -OCH3 is 1. The first kappa shape index (κ1) is 14.6. The zero-order valence-corrected chi connectivity index (χ0v) is 12.3. The first-order valence-electron chi connectivity index (χ1n) is 6.97. The SMILES string of the molecule is CCc1nn(C)cc1C(O)CCc1ccc(OC)cc1. The van der Waals surface area contributed by atoms with Gasteiger partial charge < -0.3 is 9.84 Å². The average molecular weight is 274 g/mol. The summed E-state index contributed by atoms with van der Waals surface area (Å²) >= 11 is 0. The fourth-order valence-corrected chi connectivity index (χ4v) is 2.36. The van der Waals surface area contributed by atoms with Crippen molar-refractivity contribution < 1.29 is 9.84 Å². The van der Waals surface area contributed by atoms with Crippen molar-refractivity contribution in [2.24, 2.45) is 7.05 Å². The molecule has 1 heterocycles. The van der Waals surface area contributed by atoms with Gasteiger partial charge in [0.05, 0.1) is 18.9 Å². The summed E-state index contributed by atoms with van der Waals surface area (Å²) in [6.07, 6.45) is 3.84. The number of aliphatic hydroxyl groups is 1. The van der Waals surface area contributed by atoms with E-state index in [1.807, 2.05) is 37.5 Å². The van der Waals surface area contributed by atoms with Gasteiger partial charge >= 0.3 is 0 Å². The Bertz CT molecular complexity index is 546. The van der Waals surface area contributed by atoms with Gasteiger partial charge in [-0.2, -0.15) is 5.10 Å². The Kier molecular flexibility index (Phi) is 4.79. The maximum Gasteiger partial charge on any atom is 0.118 e. The molecule has 0 saturated heterocycles. The summed E-state index contributed by atoms with van der Waals surface area (Å²) in [5.74, 6) is 0.856. The predicted molar refractivity (Wildman–Crippen MR) is 78.9 cm³/mol. The molecule has 1 aromatic heterocycles. The summed E-state index contributed by atoms with van der Waals surface area (Å²) in [6, 6.07) is 7.97. The Labute approximate surface area is 120 Å². The molecule has 0 saturated carbocycles. The van der Waals surface area contributed by atoms with Crippen LogP contribution in [0.25, 0.3) is 0 Å². The lowest BCUT2D eigenvalue weighted by Crippen LogP contribution is -2.01. The largest absolute Gasteiger partial charge is 0.497 e. The number of nitrogens with zero attached hydrogens (tertiary/aromatic N) is 2. The lowest BCUT2D eigenvalue weighted by atomic mass is 10.0. The van der Waals surface area contributed by atoms with Crippen LogP contribution in [0.1, 0.15) is 36.3 Å². The Morgan fingerprint density at radius 2 is 2.00 bits per heavy atom. The quantitative estimate of drug-likeness (QED) is 0.881. The average Bonchev–Trinajstić information content (AvgIpc) is 2.86. The van der Waals surface area contributed by atoms with Crippen molar-refractivity contribution in [2.75, 3.05) is 7.11 Å². The summed E-state index contributed by atoms with van der Waals surface area (Å²) in [4.78, 5) is 0. The standard InChI is InChI=1S/C16H22N2O2/c1-4-15-14(11-18(2)17-15)16(19)10-7-12-5-8-13(20-3)9-6-12/h5-6,8-9,11,16,19H,4,7,10H2,1-3H3. The molecule has 20 heavy (non-hydrogen) atoms. The third-order valence-corrected chi connectivity index (χ3v) is 3.50. The minimum absolute atomic E-state index is 0.458. The minimum Gasteiger partial charge on any atom is -0.497 e. The van der Waals surface area contributed by atoms with Gasteiger partial charge in [0, 0.05) is 18.8 Å². The fraction of sp³-hybridized carbons (Fsp3) is 0.438. The molecule has 108 valence electrons. The highest BCUT2D eigenvalue weighted by Crippen LogP contribution is 2.23. The Hall–Kier alpha value is -1.81. The molecule has 1 unspecified atom stereocenters. The highest BCUT2D eigenvalue weighted by Gasteiger charge is 2.15. The van der Waals surface area contributed by atoms with Crippen molar-refractivity contribution in [3.63, 3.8) is 0 Å². The molecule has 1 atom stereocenters. The van der Waals surface area contributed by atoms with Crippen LogP contribution in [0.4, 0.5) is 0 Å². The molecule has 0 amide bonds. The van der Waals surface area contributed by atoms with Crippen molar-refractivity contribution in [3.05, 3.63) is 47.3 Å². The molecular formula is C16H22N2O2. The molecule has 4 nitrogen and oxygen atoms in total. The van der Waals surface area contributed by atoms with Gasteiger partial charge in [-0.05, 0) is 37.0 Å². The van der Waals surface area contributed by atoms with E-state index in [4.69, 9.17) is 4.74 Å². The van der Waals surface area contributed by atoms with Crippen LogP contribution in [0.5, 0.6) is 5.75 Å². The van der Waals surface area contributed by atoms with E-state index in [0.717, 1.165) is 29.8 Å². The molecule has 0 aliphatic carbocycles. The van der Waals surface area contributed by atoms with Crippen molar-refractivity contribution in [2.45, 2.75) is 32.3 Å². The summed E-state index contributed by atoms with van der Waals surface area (Å²) in [5, 5.41) is 14.7. The molecular weight excluding hydrogens is 252 g/mol. The van der Waals surface area contributed by atoms with Gasteiger partial charge in [-0.25, -0.2) is 0 Å². The molecule has 0 fully saturated rings. The third kappa shape index (κ3) is 3.39. The number of ether oxygens (including phenoxy) is 1. The minimum atomic E-state index is -0.458. The van der Waals surface area contributed by atoms with Crippen molar-refractivity contribution in [1.29, 1.82) is 0 Å². The molecule has 2 aromatic rings. The highest BCUT2D eigenvalue weighted by atomic mass is 16.5. The molecule has 1 aromatic carbocycles.